The first-order chi connectivity index (χ1) is 25.7. The van der Waals surface area contributed by atoms with Gasteiger partial charge in [0.25, 0.3) is 0 Å². The van der Waals surface area contributed by atoms with E-state index in [9.17, 15) is 0 Å². The fraction of sp³-hybridized carbons (Fsp3) is 0.160. The van der Waals surface area contributed by atoms with E-state index in [2.05, 4.69) is 207 Å². The smallest absolute Gasteiger partial charge is 0.0476 e. The summed E-state index contributed by atoms with van der Waals surface area (Å²) in [5.74, 6) is 0. The van der Waals surface area contributed by atoms with Crippen molar-refractivity contribution in [2.24, 2.45) is 0 Å². The molecule has 1 heterocycles. The van der Waals surface area contributed by atoms with Crippen LogP contribution in [0.4, 0.5) is 34.1 Å². The Kier molecular flexibility index (Phi) is 8.20. The molecule has 3 heteroatoms. The minimum Gasteiger partial charge on any atom is -0.310 e. The van der Waals surface area contributed by atoms with Crippen molar-refractivity contribution in [3.05, 3.63) is 181 Å². The summed E-state index contributed by atoms with van der Waals surface area (Å²) in [6.45, 7) is 9.60. The second-order valence-corrected chi connectivity index (χ2v) is 16.8. The van der Waals surface area contributed by atoms with Crippen molar-refractivity contribution >= 4 is 65.6 Å². The molecule has 9 rings (SSSR count). The van der Waals surface area contributed by atoms with Gasteiger partial charge < -0.3 is 9.80 Å². The highest BCUT2D eigenvalue weighted by molar-refractivity contribution is 7.25. The highest BCUT2D eigenvalue weighted by atomic mass is 32.1. The summed E-state index contributed by atoms with van der Waals surface area (Å²) in [5, 5.41) is 2.63. The van der Waals surface area contributed by atoms with Gasteiger partial charge in [0.15, 0.2) is 0 Å². The van der Waals surface area contributed by atoms with Gasteiger partial charge >= 0.3 is 0 Å². The van der Waals surface area contributed by atoms with Crippen LogP contribution in [-0.2, 0) is 10.8 Å². The first-order valence-corrected chi connectivity index (χ1v) is 19.5. The number of para-hydroxylation sites is 2. The number of fused-ring (bicyclic) bond motifs is 4. The molecule has 7 aromatic carbocycles. The lowest BCUT2D eigenvalue weighted by atomic mass is 9.63. The van der Waals surface area contributed by atoms with E-state index in [4.69, 9.17) is 0 Å². The van der Waals surface area contributed by atoms with E-state index in [0.717, 1.165) is 28.4 Å². The Hall–Kier alpha value is -5.64. The normalized spacial score (nSPS) is 14.6. The number of thiophene rings is 1. The summed E-state index contributed by atoms with van der Waals surface area (Å²) in [6, 6.07) is 62.2. The quantitative estimate of drug-likeness (QED) is 0.163. The Balaban J connectivity index is 1.05. The number of hydrogen-bond acceptors (Lipinski definition) is 3. The van der Waals surface area contributed by atoms with E-state index < -0.39 is 0 Å². The van der Waals surface area contributed by atoms with Crippen LogP contribution in [0.15, 0.2) is 170 Å². The van der Waals surface area contributed by atoms with Crippen LogP contribution in [-0.4, -0.2) is 0 Å². The summed E-state index contributed by atoms with van der Waals surface area (Å²) in [7, 11) is 0. The zero-order valence-electron chi connectivity index (χ0n) is 30.9. The molecule has 53 heavy (non-hydrogen) atoms. The van der Waals surface area contributed by atoms with Gasteiger partial charge in [0.1, 0.15) is 0 Å². The molecule has 260 valence electrons. The van der Waals surface area contributed by atoms with Gasteiger partial charge in [-0.1, -0.05) is 119 Å². The van der Waals surface area contributed by atoms with Gasteiger partial charge in [-0.3, -0.25) is 0 Å². The van der Waals surface area contributed by atoms with Crippen molar-refractivity contribution in [2.75, 3.05) is 9.80 Å². The standard InChI is InChI=1S/C50H44N2S/c1-49(2)31-32-50(3,4)46-33-41(28-30-45(46)49)51(37-13-7-5-8-14-37)39-23-19-35(20-24-39)36-21-25-40(26-22-36)52(38-15-9-6-10-16-38)42-27-29-44-43-17-11-12-18-47(43)53-48(44)34-42/h5-30,33-34H,31-32H2,1-4H3. The van der Waals surface area contributed by atoms with Crippen LogP contribution in [0.2, 0.25) is 0 Å². The monoisotopic (exact) mass is 704 g/mol. The van der Waals surface area contributed by atoms with Crippen molar-refractivity contribution < 1.29 is 0 Å². The van der Waals surface area contributed by atoms with Crippen LogP contribution < -0.4 is 9.80 Å². The maximum atomic E-state index is 2.45. The first kappa shape index (κ1) is 33.2. The fourth-order valence-electron chi connectivity index (χ4n) is 8.22. The van der Waals surface area contributed by atoms with Crippen LogP contribution in [0.5, 0.6) is 0 Å². The van der Waals surface area contributed by atoms with Gasteiger partial charge in [0, 0.05) is 54.3 Å². The largest absolute Gasteiger partial charge is 0.310 e. The third-order valence-electron chi connectivity index (χ3n) is 11.3. The number of rotatable bonds is 7. The molecule has 0 atom stereocenters. The molecule has 0 saturated heterocycles. The molecular formula is C50H44N2S. The molecule has 0 amide bonds. The Morgan fingerprint density at radius 3 is 1.40 bits per heavy atom. The highest BCUT2D eigenvalue weighted by Crippen LogP contribution is 2.48. The number of hydrogen-bond donors (Lipinski definition) is 0. The second-order valence-electron chi connectivity index (χ2n) is 15.7. The lowest BCUT2D eigenvalue weighted by molar-refractivity contribution is 0.332. The van der Waals surface area contributed by atoms with Gasteiger partial charge in [0.05, 0.1) is 0 Å². The molecule has 0 spiro atoms. The Morgan fingerprint density at radius 1 is 0.377 bits per heavy atom. The zero-order chi connectivity index (χ0) is 36.2. The molecule has 0 bridgehead atoms. The van der Waals surface area contributed by atoms with Gasteiger partial charge in [-0.2, -0.15) is 0 Å². The lowest BCUT2D eigenvalue weighted by Gasteiger charge is -2.42. The first-order valence-electron chi connectivity index (χ1n) is 18.7. The average molecular weight is 705 g/mol. The highest BCUT2D eigenvalue weighted by Gasteiger charge is 2.37. The summed E-state index contributed by atoms with van der Waals surface area (Å²) < 4.78 is 2.62. The fourth-order valence-corrected chi connectivity index (χ4v) is 9.36. The number of anilines is 6. The van der Waals surface area contributed by atoms with Gasteiger partial charge in [0.2, 0.25) is 0 Å². The minimum atomic E-state index is 0.140. The van der Waals surface area contributed by atoms with Crippen LogP contribution >= 0.6 is 11.3 Å². The van der Waals surface area contributed by atoms with Crippen molar-refractivity contribution in [1.82, 2.24) is 0 Å². The zero-order valence-corrected chi connectivity index (χ0v) is 31.7. The Labute approximate surface area is 317 Å². The average Bonchev–Trinajstić information content (AvgIpc) is 3.56. The molecule has 1 aliphatic rings. The molecular weight excluding hydrogens is 661 g/mol. The topological polar surface area (TPSA) is 6.48 Å². The van der Waals surface area contributed by atoms with Crippen LogP contribution in [0.1, 0.15) is 51.7 Å². The molecule has 0 fully saturated rings. The van der Waals surface area contributed by atoms with Crippen molar-refractivity contribution in [2.45, 2.75) is 51.4 Å². The van der Waals surface area contributed by atoms with E-state index in [-0.39, 0.29) is 10.8 Å². The molecule has 8 aromatic rings. The minimum absolute atomic E-state index is 0.140. The predicted octanol–water partition coefficient (Wildman–Crippen LogP) is 15.0. The van der Waals surface area contributed by atoms with Gasteiger partial charge in [-0.25, -0.2) is 0 Å². The Morgan fingerprint density at radius 2 is 0.811 bits per heavy atom. The van der Waals surface area contributed by atoms with Crippen molar-refractivity contribution in [3.63, 3.8) is 0 Å². The van der Waals surface area contributed by atoms with Gasteiger partial charge in [-0.15, -0.1) is 11.3 Å². The molecule has 2 nitrogen and oxygen atoms in total. The molecule has 1 aromatic heterocycles. The summed E-state index contributed by atoms with van der Waals surface area (Å²) >= 11 is 1.86. The second kappa shape index (κ2) is 13.1. The number of benzene rings is 7. The molecule has 0 aliphatic heterocycles. The third kappa shape index (κ3) is 6.09. The summed E-state index contributed by atoms with van der Waals surface area (Å²) in [6.07, 6.45) is 2.41. The van der Waals surface area contributed by atoms with Crippen LogP contribution in [0.3, 0.4) is 0 Å². The molecule has 0 radical (unpaired) electrons. The van der Waals surface area contributed by atoms with Crippen molar-refractivity contribution in [1.29, 1.82) is 0 Å². The van der Waals surface area contributed by atoms with E-state index in [1.165, 1.54) is 61.0 Å². The molecule has 1 aliphatic carbocycles. The number of nitrogens with zero attached hydrogens (tertiary/aromatic N) is 2. The van der Waals surface area contributed by atoms with Crippen molar-refractivity contribution in [3.8, 4) is 11.1 Å². The predicted molar refractivity (Wildman–Crippen MR) is 229 cm³/mol. The van der Waals surface area contributed by atoms with E-state index in [1.807, 2.05) is 11.3 Å². The molecule has 0 unspecified atom stereocenters. The van der Waals surface area contributed by atoms with E-state index in [1.54, 1.807) is 0 Å². The van der Waals surface area contributed by atoms with Crippen LogP contribution in [0.25, 0.3) is 31.3 Å². The maximum absolute atomic E-state index is 2.45. The van der Waals surface area contributed by atoms with E-state index >= 15 is 0 Å². The third-order valence-corrected chi connectivity index (χ3v) is 12.5. The SMILES string of the molecule is CC1(C)CCC(C)(C)c2cc(N(c3ccccc3)c3ccc(-c4ccc(N(c5ccccc5)c5ccc6c(c5)sc5ccccc56)cc4)cc3)ccc21. The van der Waals surface area contributed by atoms with Crippen LogP contribution in [0, 0.1) is 0 Å². The molecule has 0 N–H and O–H groups in total. The Bertz CT molecular complexity index is 2550. The molecule has 0 saturated carbocycles. The van der Waals surface area contributed by atoms with Gasteiger partial charge in [-0.05, 0) is 125 Å². The lowest BCUT2D eigenvalue weighted by Crippen LogP contribution is -2.34. The maximum Gasteiger partial charge on any atom is 0.0476 e. The van der Waals surface area contributed by atoms with E-state index in [0.29, 0.717) is 0 Å². The summed E-state index contributed by atoms with van der Waals surface area (Å²) in [4.78, 5) is 4.76. The summed E-state index contributed by atoms with van der Waals surface area (Å²) in [5.41, 5.74) is 12.6.